The number of halogens is 3. The summed E-state index contributed by atoms with van der Waals surface area (Å²) in [7, 11) is -0.196. The number of amides is 6. The first-order valence-corrected chi connectivity index (χ1v) is 21.9. The molecule has 1 aliphatic rings. The van der Waals surface area contributed by atoms with Gasteiger partial charge < -0.3 is 40.0 Å². The van der Waals surface area contributed by atoms with E-state index in [0.29, 0.717) is 25.8 Å². The zero-order valence-corrected chi connectivity index (χ0v) is 38.7. The molecule has 1 heterocycles. The molecule has 0 saturated carbocycles. The van der Waals surface area contributed by atoms with Crippen LogP contribution in [0.15, 0.2) is 29.2 Å². The highest BCUT2D eigenvalue weighted by molar-refractivity contribution is 7.90. The molecule has 62 heavy (non-hydrogen) atoms. The highest BCUT2D eigenvalue weighted by Crippen LogP contribution is 2.30. The SMILES string of the molecule is CC[C@H](C)[C@@H]([C@@H](CC(=O)N1CCC[C@H]1[C@H](OC)[C@@H](C)C(=O)NS(=O)(=O)c1ccc(NC(=O)C(F)(F)F)cc1)OC)N(C)C(=O)[C@@H](NC(=O)C(C)(C)NC(=O)OC(C)(C)C)C(C)C. The van der Waals surface area contributed by atoms with Gasteiger partial charge in [-0.3, -0.25) is 24.0 Å². The molecule has 1 saturated heterocycles. The van der Waals surface area contributed by atoms with Gasteiger partial charge in [0.1, 0.15) is 17.2 Å². The molecule has 1 fully saturated rings. The number of alkyl carbamates (subject to hydrolysis) is 1. The van der Waals surface area contributed by atoms with Crippen molar-refractivity contribution in [3.05, 3.63) is 24.3 Å². The van der Waals surface area contributed by atoms with E-state index in [1.165, 1.54) is 39.9 Å². The van der Waals surface area contributed by atoms with E-state index in [9.17, 15) is 50.4 Å². The zero-order chi connectivity index (χ0) is 47.7. The number of sulfonamides is 1. The fourth-order valence-corrected chi connectivity index (χ4v) is 8.24. The predicted molar refractivity (Wildman–Crippen MR) is 223 cm³/mol. The number of alkyl halides is 3. The third-order valence-corrected chi connectivity index (χ3v) is 12.1. The molecule has 2 rings (SSSR count). The summed E-state index contributed by atoms with van der Waals surface area (Å²) in [5.74, 6) is -6.35. The van der Waals surface area contributed by atoms with Crippen molar-refractivity contribution in [2.75, 3.05) is 33.1 Å². The summed E-state index contributed by atoms with van der Waals surface area (Å²) in [4.78, 5) is 81.7. The summed E-state index contributed by atoms with van der Waals surface area (Å²) in [6.45, 7) is 17.1. The zero-order valence-electron chi connectivity index (χ0n) is 37.9. The van der Waals surface area contributed by atoms with Crippen LogP contribution < -0.4 is 20.7 Å². The number of carbonyl (C=O) groups is 6. The fraction of sp³-hybridized carbons (Fsp3) is 0.707. The highest BCUT2D eigenvalue weighted by Gasteiger charge is 2.44. The molecular weight excluding hydrogens is 842 g/mol. The summed E-state index contributed by atoms with van der Waals surface area (Å²) >= 11 is 0. The molecule has 352 valence electrons. The predicted octanol–water partition coefficient (Wildman–Crippen LogP) is 4.36. The van der Waals surface area contributed by atoms with E-state index in [2.05, 4.69) is 10.6 Å². The smallest absolute Gasteiger partial charge is 0.444 e. The van der Waals surface area contributed by atoms with E-state index in [0.717, 1.165) is 24.3 Å². The molecule has 7 atom stereocenters. The van der Waals surface area contributed by atoms with Crippen molar-refractivity contribution in [1.82, 2.24) is 25.2 Å². The van der Waals surface area contributed by atoms with Gasteiger partial charge in [-0.15, -0.1) is 0 Å². The number of anilines is 1. The van der Waals surface area contributed by atoms with Crippen molar-refractivity contribution in [2.45, 2.75) is 147 Å². The molecule has 1 aromatic rings. The average molecular weight is 907 g/mol. The summed E-state index contributed by atoms with van der Waals surface area (Å²) in [6, 6.07) is 1.38. The molecule has 21 heteroatoms. The Hall–Kier alpha value is -4.50. The van der Waals surface area contributed by atoms with Crippen molar-refractivity contribution in [2.24, 2.45) is 17.8 Å². The summed E-state index contributed by atoms with van der Waals surface area (Å²) in [6.07, 6.45) is -6.41. The lowest BCUT2D eigenvalue weighted by atomic mass is 9.89. The van der Waals surface area contributed by atoms with Gasteiger partial charge in [0.25, 0.3) is 10.0 Å². The molecule has 0 unspecified atom stereocenters. The number of methoxy groups -OCH3 is 2. The minimum absolute atomic E-state index is 0.185. The van der Waals surface area contributed by atoms with Gasteiger partial charge in [-0.2, -0.15) is 13.2 Å². The third kappa shape index (κ3) is 14.5. The maximum atomic E-state index is 14.3. The first kappa shape index (κ1) is 53.6. The second-order valence-electron chi connectivity index (χ2n) is 17.5. The Morgan fingerprint density at radius 1 is 0.919 bits per heavy atom. The molecule has 0 radical (unpaired) electrons. The van der Waals surface area contributed by atoms with E-state index >= 15 is 0 Å². The Kier molecular flexibility index (Phi) is 18.8. The largest absolute Gasteiger partial charge is 0.471 e. The average Bonchev–Trinajstić information content (AvgIpc) is 3.64. The van der Waals surface area contributed by atoms with Crippen LogP contribution in [0.4, 0.5) is 23.7 Å². The normalized spacial score (nSPS) is 17.8. The molecule has 4 N–H and O–H groups in total. The van der Waals surface area contributed by atoms with Crippen LogP contribution in [0.5, 0.6) is 0 Å². The second-order valence-corrected chi connectivity index (χ2v) is 19.2. The number of nitrogens with one attached hydrogen (secondary N) is 4. The Balaban J connectivity index is 2.27. The first-order chi connectivity index (χ1) is 28.4. The van der Waals surface area contributed by atoms with Crippen LogP contribution in [0.25, 0.3) is 0 Å². The van der Waals surface area contributed by atoms with Crippen molar-refractivity contribution < 1.29 is 64.6 Å². The molecule has 0 spiro atoms. The van der Waals surface area contributed by atoms with Crippen LogP contribution in [0, 0.1) is 17.8 Å². The number of hydrogen-bond donors (Lipinski definition) is 4. The first-order valence-electron chi connectivity index (χ1n) is 20.4. The lowest BCUT2D eigenvalue weighted by molar-refractivity contribution is -0.167. The summed E-state index contributed by atoms with van der Waals surface area (Å²) in [5.41, 5.74) is -2.58. The number of rotatable bonds is 19. The third-order valence-electron chi connectivity index (χ3n) is 10.8. The number of carbonyl (C=O) groups excluding carboxylic acids is 6. The van der Waals surface area contributed by atoms with Crippen molar-refractivity contribution >= 4 is 51.3 Å². The fourth-order valence-electron chi connectivity index (χ4n) is 7.18. The van der Waals surface area contributed by atoms with E-state index in [1.54, 1.807) is 51.9 Å². The van der Waals surface area contributed by atoms with Crippen LogP contribution in [0.3, 0.4) is 0 Å². The number of ether oxygens (including phenoxy) is 3. The van der Waals surface area contributed by atoms with Gasteiger partial charge >= 0.3 is 18.2 Å². The van der Waals surface area contributed by atoms with E-state index in [4.69, 9.17) is 14.2 Å². The number of benzene rings is 1. The topological polar surface area (TPSA) is 219 Å². The number of likely N-dealkylation sites (N-methyl/N-ethyl adjacent to an activating group) is 1. The minimum Gasteiger partial charge on any atom is -0.444 e. The minimum atomic E-state index is -5.16. The van der Waals surface area contributed by atoms with Crippen molar-refractivity contribution in [1.29, 1.82) is 0 Å². The lowest BCUT2D eigenvalue weighted by Crippen LogP contribution is -2.62. The van der Waals surface area contributed by atoms with Gasteiger partial charge in [0.2, 0.25) is 23.6 Å². The lowest BCUT2D eigenvalue weighted by Gasteiger charge is -2.41. The Morgan fingerprint density at radius 3 is 1.98 bits per heavy atom. The Morgan fingerprint density at radius 2 is 1.50 bits per heavy atom. The van der Waals surface area contributed by atoms with Gasteiger partial charge in [0, 0.05) is 33.5 Å². The second kappa shape index (κ2) is 21.7. The van der Waals surface area contributed by atoms with Crippen LogP contribution >= 0.6 is 0 Å². The molecule has 1 aromatic carbocycles. The quantitative estimate of drug-likeness (QED) is 0.153. The number of nitrogens with zero attached hydrogens (tertiary/aromatic N) is 2. The van der Waals surface area contributed by atoms with E-state index < -0.39 is 104 Å². The monoisotopic (exact) mass is 906 g/mol. The molecule has 6 amide bonds. The van der Waals surface area contributed by atoms with Crippen LogP contribution in [-0.2, 0) is 48.2 Å². The maximum Gasteiger partial charge on any atom is 0.471 e. The van der Waals surface area contributed by atoms with Crippen molar-refractivity contribution in [3.8, 4) is 0 Å². The molecule has 0 aromatic heterocycles. The van der Waals surface area contributed by atoms with Gasteiger partial charge in [-0.25, -0.2) is 17.9 Å². The van der Waals surface area contributed by atoms with E-state index in [1.807, 2.05) is 18.6 Å². The number of likely N-dealkylation sites (tertiary alicyclic amines) is 1. The van der Waals surface area contributed by atoms with Gasteiger partial charge in [-0.05, 0) is 83.6 Å². The van der Waals surface area contributed by atoms with Crippen LogP contribution in [-0.4, -0.2) is 129 Å². The standard InChI is InChI=1S/C41H65F3N6O11S/c1-14-24(4)32(49(11)35(53)31(23(2)3)46-36(54)40(9,10)47-38(56)61-39(6,7)8)29(59-12)22-30(51)50-21-15-16-28(50)33(60-13)25(5)34(52)48-62(57,58)27-19-17-26(18-20-27)45-37(55)41(42,43)44/h17-20,23-25,28-29,31-33H,14-16,21-22H2,1-13H3,(H,45,55)(H,46,54)(H,47,56)(H,48,52)/t24-,25+,28-,29+,31-,32-,33+/m0/s1. The van der Waals surface area contributed by atoms with E-state index in [-0.39, 0.29) is 23.9 Å². The molecule has 0 bridgehead atoms. The van der Waals surface area contributed by atoms with Crippen molar-refractivity contribution in [3.63, 3.8) is 0 Å². The van der Waals surface area contributed by atoms with Gasteiger partial charge in [-0.1, -0.05) is 41.0 Å². The summed E-state index contributed by atoms with van der Waals surface area (Å²) in [5, 5.41) is 6.95. The highest BCUT2D eigenvalue weighted by atomic mass is 32.2. The molecule has 1 aliphatic heterocycles. The van der Waals surface area contributed by atoms with Crippen LogP contribution in [0.2, 0.25) is 0 Å². The molecular formula is C41H65F3N6O11S. The number of hydrogen-bond acceptors (Lipinski definition) is 11. The molecule has 0 aliphatic carbocycles. The maximum absolute atomic E-state index is 14.3. The van der Waals surface area contributed by atoms with Gasteiger partial charge in [0.05, 0.1) is 41.5 Å². The van der Waals surface area contributed by atoms with Crippen LogP contribution in [0.1, 0.15) is 94.9 Å². The van der Waals surface area contributed by atoms with Gasteiger partial charge in [0.15, 0.2) is 0 Å². The Bertz CT molecular complexity index is 1860. The Labute approximate surface area is 362 Å². The molecule has 17 nitrogen and oxygen atoms in total. The summed E-state index contributed by atoms with van der Waals surface area (Å²) < 4.78 is 83.0.